The van der Waals surface area contributed by atoms with Gasteiger partial charge in [-0.2, -0.15) is 5.10 Å². The highest BCUT2D eigenvalue weighted by Crippen LogP contribution is 2.23. The molecular formula is C13H17N3O2. The Kier molecular flexibility index (Phi) is 3.84. The molecule has 0 saturated carbocycles. The number of nitrogens with two attached hydrogens (primary N) is 1. The molecule has 1 aromatic carbocycles. The lowest BCUT2D eigenvalue weighted by Gasteiger charge is -2.09. The number of aryl methyl sites for hydroxylation is 1. The smallest absolute Gasteiger partial charge is 0.132 e. The third kappa shape index (κ3) is 3.01. The van der Waals surface area contributed by atoms with Gasteiger partial charge in [0.15, 0.2) is 0 Å². The summed E-state index contributed by atoms with van der Waals surface area (Å²) in [5.41, 5.74) is 7.49. The maximum Gasteiger partial charge on any atom is 0.132 e. The first-order valence-electron chi connectivity index (χ1n) is 5.70. The highest BCUT2D eigenvalue weighted by Gasteiger charge is 2.03. The van der Waals surface area contributed by atoms with Crippen molar-refractivity contribution in [3.05, 3.63) is 41.7 Å². The van der Waals surface area contributed by atoms with Crippen molar-refractivity contribution in [3.63, 3.8) is 0 Å². The minimum absolute atomic E-state index is 0.429. The Hall–Kier alpha value is -2.01. The number of nitrogens with zero attached hydrogens (tertiary/aromatic N) is 2. The van der Waals surface area contributed by atoms with Gasteiger partial charge in [-0.3, -0.25) is 4.68 Å². The summed E-state index contributed by atoms with van der Waals surface area (Å²) >= 11 is 0. The molecule has 0 saturated heterocycles. The lowest BCUT2D eigenvalue weighted by molar-refractivity contribution is 0.297. The third-order valence-electron chi connectivity index (χ3n) is 2.57. The monoisotopic (exact) mass is 247 g/mol. The van der Waals surface area contributed by atoms with Gasteiger partial charge in [-0.05, 0) is 23.8 Å². The van der Waals surface area contributed by atoms with Crippen LogP contribution < -0.4 is 15.2 Å². The summed E-state index contributed by atoms with van der Waals surface area (Å²) < 4.78 is 12.6. The zero-order valence-corrected chi connectivity index (χ0v) is 10.6. The second-order valence-corrected chi connectivity index (χ2v) is 3.99. The Morgan fingerprint density at radius 2 is 2.06 bits per heavy atom. The van der Waals surface area contributed by atoms with Crippen molar-refractivity contribution in [1.82, 2.24) is 9.78 Å². The lowest BCUT2D eigenvalue weighted by Crippen LogP contribution is -2.01. The van der Waals surface area contributed by atoms with E-state index in [1.165, 1.54) is 0 Å². The van der Waals surface area contributed by atoms with Crippen molar-refractivity contribution in [2.75, 3.05) is 7.11 Å². The molecule has 2 aromatic rings. The molecule has 5 nitrogen and oxygen atoms in total. The minimum Gasteiger partial charge on any atom is -0.497 e. The molecule has 2 N–H and O–H groups in total. The molecule has 0 aliphatic heterocycles. The van der Waals surface area contributed by atoms with E-state index in [-0.39, 0.29) is 0 Å². The summed E-state index contributed by atoms with van der Waals surface area (Å²) in [7, 11) is 3.50. The predicted molar refractivity (Wildman–Crippen MR) is 68.4 cm³/mol. The molecular weight excluding hydrogens is 230 g/mol. The van der Waals surface area contributed by atoms with Crippen LogP contribution >= 0.6 is 0 Å². The highest BCUT2D eigenvalue weighted by molar-refractivity contribution is 5.38. The van der Waals surface area contributed by atoms with Gasteiger partial charge in [-0.25, -0.2) is 0 Å². The van der Waals surface area contributed by atoms with Crippen LogP contribution in [-0.2, 0) is 20.2 Å². The molecule has 1 heterocycles. The van der Waals surface area contributed by atoms with E-state index < -0.39 is 0 Å². The molecule has 0 bridgehead atoms. The SMILES string of the molecule is COc1cc(CN)cc(OCc2ccn(C)n2)c1. The average Bonchev–Trinajstić information content (AvgIpc) is 2.81. The maximum atomic E-state index is 5.68. The quantitative estimate of drug-likeness (QED) is 0.869. The van der Waals surface area contributed by atoms with Crippen LogP contribution in [0.5, 0.6) is 11.5 Å². The van der Waals surface area contributed by atoms with Crippen LogP contribution in [0.15, 0.2) is 30.5 Å². The van der Waals surface area contributed by atoms with Crippen molar-refractivity contribution in [2.45, 2.75) is 13.2 Å². The van der Waals surface area contributed by atoms with E-state index >= 15 is 0 Å². The normalized spacial score (nSPS) is 10.4. The van der Waals surface area contributed by atoms with E-state index in [2.05, 4.69) is 5.10 Å². The third-order valence-corrected chi connectivity index (χ3v) is 2.57. The fourth-order valence-electron chi connectivity index (χ4n) is 1.65. The van der Waals surface area contributed by atoms with Crippen LogP contribution in [0.3, 0.4) is 0 Å². The Balaban J connectivity index is 2.08. The molecule has 96 valence electrons. The number of ether oxygens (including phenoxy) is 2. The van der Waals surface area contributed by atoms with Crippen LogP contribution in [0.4, 0.5) is 0 Å². The summed E-state index contributed by atoms with van der Waals surface area (Å²) in [5.74, 6) is 1.48. The van der Waals surface area contributed by atoms with Crippen LogP contribution in [0, 0.1) is 0 Å². The van der Waals surface area contributed by atoms with Gasteiger partial charge in [0.05, 0.1) is 12.8 Å². The van der Waals surface area contributed by atoms with Crippen molar-refractivity contribution in [1.29, 1.82) is 0 Å². The van der Waals surface area contributed by atoms with Crippen LogP contribution in [0.1, 0.15) is 11.3 Å². The van der Waals surface area contributed by atoms with Crippen molar-refractivity contribution in [2.24, 2.45) is 12.8 Å². The van der Waals surface area contributed by atoms with E-state index in [0.717, 1.165) is 22.8 Å². The van der Waals surface area contributed by atoms with Crippen LogP contribution in [-0.4, -0.2) is 16.9 Å². The molecule has 0 atom stereocenters. The van der Waals surface area contributed by atoms with E-state index in [9.17, 15) is 0 Å². The molecule has 0 radical (unpaired) electrons. The average molecular weight is 247 g/mol. The lowest BCUT2D eigenvalue weighted by atomic mass is 10.2. The molecule has 0 aliphatic carbocycles. The summed E-state index contributed by atoms with van der Waals surface area (Å²) in [4.78, 5) is 0. The Morgan fingerprint density at radius 3 is 2.67 bits per heavy atom. The number of aromatic nitrogens is 2. The van der Waals surface area contributed by atoms with Gasteiger partial charge in [-0.1, -0.05) is 0 Å². The largest absolute Gasteiger partial charge is 0.497 e. The second kappa shape index (κ2) is 5.55. The zero-order valence-electron chi connectivity index (χ0n) is 10.6. The van der Waals surface area contributed by atoms with Gasteiger partial charge >= 0.3 is 0 Å². The predicted octanol–water partition coefficient (Wildman–Crippen LogP) is 1.47. The van der Waals surface area contributed by atoms with Gasteiger partial charge in [-0.15, -0.1) is 0 Å². The van der Waals surface area contributed by atoms with Crippen molar-refractivity contribution in [3.8, 4) is 11.5 Å². The van der Waals surface area contributed by atoms with E-state index in [0.29, 0.717) is 13.2 Å². The Labute approximate surface area is 106 Å². The number of hydrogen-bond donors (Lipinski definition) is 1. The minimum atomic E-state index is 0.429. The van der Waals surface area contributed by atoms with Gasteiger partial charge in [0, 0.05) is 25.9 Å². The Morgan fingerprint density at radius 1 is 1.28 bits per heavy atom. The van der Waals surface area contributed by atoms with Gasteiger partial charge in [0.2, 0.25) is 0 Å². The van der Waals surface area contributed by atoms with Crippen molar-refractivity contribution < 1.29 is 9.47 Å². The molecule has 18 heavy (non-hydrogen) atoms. The molecule has 0 aliphatic rings. The number of rotatable bonds is 5. The van der Waals surface area contributed by atoms with Crippen molar-refractivity contribution >= 4 is 0 Å². The van der Waals surface area contributed by atoms with E-state index in [1.807, 2.05) is 37.5 Å². The summed E-state index contributed by atoms with van der Waals surface area (Å²) in [6.07, 6.45) is 1.88. The second-order valence-electron chi connectivity index (χ2n) is 3.99. The molecule has 0 amide bonds. The molecule has 1 aromatic heterocycles. The first kappa shape index (κ1) is 12.4. The fraction of sp³-hybridized carbons (Fsp3) is 0.308. The first-order valence-corrected chi connectivity index (χ1v) is 5.70. The first-order chi connectivity index (χ1) is 8.71. The van der Waals surface area contributed by atoms with Gasteiger partial charge in [0.1, 0.15) is 18.1 Å². The zero-order chi connectivity index (χ0) is 13.0. The fourth-order valence-corrected chi connectivity index (χ4v) is 1.65. The number of benzene rings is 1. The number of hydrogen-bond acceptors (Lipinski definition) is 4. The summed E-state index contributed by atoms with van der Waals surface area (Å²) in [6.45, 7) is 0.884. The standard InChI is InChI=1S/C13H17N3O2/c1-16-4-3-11(15-16)9-18-13-6-10(8-14)5-12(7-13)17-2/h3-7H,8-9,14H2,1-2H3. The number of methoxy groups -OCH3 is 1. The van der Waals surface area contributed by atoms with E-state index in [1.54, 1.807) is 11.8 Å². The maximum absolute atomic E-state index is 5.68. The highest BCUT2D eigenvalue weighted by atomic mass is 16.5. The summed E-state index contributed by atoms with van der Waals surface area (Å²) in [6, 6.07) is 7.56. The molecule has 0 fully saturated rings. The summed E-state index contributed by atoms with van der Waals surface area (Å²) in [5, 5.41) is 4.25. The molecule has 0 unspecified atom stereocenters. The molecule has 0 spiro atoms. The van der Waals surface area contributed by atoms with Gasteiger partial charge in [0.25, 0.3) is 0 Å². The van der Waals surface area contributed by atoms with E-state index in [4.69, 9.17) is 15.2 Å². The Bertz CT molecular complexity index is 500. The topological polar surface area (TPSA) is 62.3 Å². The van der Waals surface area contributed by atoms with Gasteiger partial charge < -0.3 is 15.2 Å². The van der Waals surface area contributed by atoms with Crippen LogP contribution in [0.2, 0.25) is 0 Å². The molecule has 5 heteroatoms. The van der Waals surface area contributed by atoms with Crippen LogP contribution in [0.25, 0.3) is 0 Å². The molecule has 2 rings (SSSR count).